The zero-order chi connectivity index (χ0) is 21.0. The molecule has 0 radical (unpaired) electrons. The van der Waals surface area contributed by atoms with E-state index >= 15 is 0 Å². The molecule has 0 spiro atoms. The summed E-state index contributed by atoms with van der Waals surface area (Å²) in [7, 11) is 0. The van der Waals surface area contributed by atoms with Crippen LogP contribution in [0, 0.1) is 0 Å². The normalized spacial score (nSPS) is 10.7. The Bertz CT molecular complexity index is 1320. The first-order valence-corrected chi connectivity index (χ1v) is 11.0. The molecule has 0 N–H and O–H groups in total. The highest BCUT2D eigenvalue weighted by Gasteiger charge is 2.06. The second kappa shape index (κ2) is 8.71. The van der Waals surface area contributed by atoms with Crippen molar-refractivity contribution in [3.05, 3.63) is 126 Å². The quantitative estimate of drug-likeness (QED) is 0.261. The van der Waals surface area contributed by atoms with E-state index < -0.39 is 0 Å². The highest BCUT2D eigenvalue weighted by molar-refractivity contribution is 9.10. The minimum absolute atomic E-state index is 0.977. The molecule has 0 fully saturated rings. The number of hydrogen-bond donors (Lipinski definition) is 0. The lowest BCUT2D eigenvalue weighted by atomic mass is 9.97. The summed E-state index contributed by atoms with van der Waals surface area (Å²) in [5, 5.41) is 0. The molecule has 2 heteroatoms. The monoisotopic (exact) mass is 461 g/mol. The molecule has 0 bridgehead atoms. The fourth-order valence-corrected chi connectivity index (χ4v) is 4.17. The van der Waals surface area contributed by atoms with E-state index in [0.717, 1.165) is 21.3 Å². The zero-order valence-electron chi connectivity index (χ0n) is 16.9. The summed E-state index contributed by atoms with van der Waals surface area (Å²) < 4.78 is 1.09. The Balaban J connectivity index is 1.46. The van der Waals surface area contributed by atoms with E-state index in [2.05, 4.69) is 119 Å². The molecule has 0 unspecified atom stereocenters. The Morgan fingerprint density at radius 1 is 0.419 bits per heavy atom. The van der Waals surface area contributed by atoms with Gasteiger partial charge in [0, 0.05) is 21.8 Å². The number of benzene rings is 4. The van der Waals surface area contributed by atoms with E-state index in [1.54, 1.807) is 0 Å². The molecule has 0 saturated carbocycles. The summed E-state index contributed by atoms with van der Waals surface area (Å²) in [6.07, 6.45) is 1.95. The molecule has 1 nitrogen and oxygen atoms in total. The molecule has 31 heavy (non-hydrogen) atoms. The van der Waals surface area contributed by atoms with Crippen molar-refractivity contribution in [1.29, 1.82) is 0 Å². The molecule has 0 aliphatic rings. The van der Waals surface area contributed by atoms with Crippen molar-refractivity contribution < 1.29 is 0 Å². The summed E-state index contributed by atoms with van der Waals surface area (Å²) in [6.45, 7) is 0. The Hall–Kier alpha value is -3.49. The van der Waals surface area contributed by atoms with Crippen LogP contribution >= 0.6 is 15.9 Å². The second-order valence-electron chi connectivity index (χ2n) is 7.47. The Kier molecular flexibility index (Phi) is 5.47. The molecule has 5 aromatic rings. The van der Waals surface area contributed by atoms with Gasteiger partial charge >= 0.3 is 0 Å². The summed E-state index contributed by atoms with van der Waals surface area (Å²) in [4.78, 5) is 4.73. The summed E-state index contributed by atoms with van der Waals surface area (Å²) in [6, 6.07) is 40.2. The molecule has 0 amide bonds. The average molecular weight is 462 g/mol. The van der Waals surface area contributed by atoms with Gasteiger partial charge in [0.25, 0.3) is 0 Å². The molecule has 1 heterocycles. The smallest absolute Gasteiger partial charge is 0.0702 e. The van der Waals surface area contributed by atoms with E-state index in [1.807, 2.05) is 18.3 Å². The third kappa shape index (κ3) is 4.35. The van der Waals surface area contributed by atoms with Crippen molar-refractivity contribution in [2.75, 3.05) is 0 Å². The highest BCUT2D eigenvalue weighted by Crippen LogP contribution is 2.30. The van der Waals surface area contributed by atoms with Crippen molar-refractivity contribution >= 4 is 15.9 Å². The zero-order valence-corrected chi connectivity index (χ0v) is 18.5. The van der Waals surface area contributed by atoms with Crippen molar-refractivity contribution in [3.63, 3.8) is 0 Å². The fraction of sp³-hybridized carbons (Fsp3) is 0. The summed E-state index contributed by atoms with van der Waals surface area (Å²) >= 11 is 3.57. The van der Waals surface area contributed by atoms with Gasteiger partial charge in [0.1, 0.15) is 0 Å². The topological polar surface area (TPSA) is 12.9 Å². The number of rotatable bonds is 4. The maximum atomic E-state index is 4.73. The number of hydrogen-bond acceptors (Lipinski definition) is 1. The van der Waals surface area contributed by atoms with Crippen LogP contribution in [0.2, 0.25) is 0 Å². The van der Waals surface area contributed by atoms with Gasteiger partial charge in [-0.25, -0.2) is 0 Å². The van der Waals surface area contributed by atoms with Gasteiger partial charge in [-0.15, -0.1) is 0 Å². The molecular weight excluding hydrogens is 442 g/mol. The molecule has 0 atom stereocenters. The predicted molar refractivity (Wildman–Crippen MR) is 134 cm³/mol. The molecular formula is C29H20BrN. The van der Waals surface area contributed by atoms with Crippen LogP contribution in [0.4, 0.5) is 0 Å². The Morgan fingerprint density at radius 3 is 1.58 bits per heavy atom. The van der Waals surface area contributed by atoms with Crippen molar-refractivity contribution in [3.8, 4) is 44.6 Å². The van der Waals surface area contributed by atoms with E-state index in [0.29, 0.717) is 0 Å². The first-order chi connectivity index (χ1) is 15.3. The first-order valence-electron chi connectivity index (χ1n) is 10.2. The van der Waals surface area contributed by atoms with Gasteiger partial charge in [0.05, 0.1) is 5.69 Å². The van der Waals surface area contributed by atoms with Gasteiger partial charge < -0.3 is 0 Å². The first kappa shape index (κ1) is 19.5. The number of aromatic nitrogens is 1. The van der Waals surface area contributed by atoms with Gasteiger partial charge in [-0.05, 0) is 58.1 Å². The van der Waals surface area contributed by atoms with Crippen LogP contribution < -0.4 is 0 Å². The van der Waals surface area contributed by atoms with Crippen LogP contribution in [0.25, 0.3) is 44.6 Å². The highest BCUT2D eigenvalue weighted by atomic mass is 79.9. The average Bonchev–Trinajstić information content (AvgIpc) is 2.85. The van der Waals surface area contributed by atoms with Gasteiger partial charge in [-0.3, -0.25) is 4.98 Å². The van der Waals surface area contributed by atoms with Gasteiger partial charge in [0.2, 0.25) is 0 Å². The third-order valence-electron chi connectivity index (χ3n) is 5.38. The van der Waals surface area contributed by atoms with Crippen LogP contribution in [0.5, 0.6) is 0 Å². The largest absolute Gasteiger partial charge is 0.256 e. The van der Waals surface area contributed by atoms with Crippen LogP contribution in [0.3, 0.4) is 0 Å². The molecule has 0 aliphatic heterocycles. The lowest BCUT2D eigenvalue weighted by Crippen LogP contribution is -1.87. The molecule has 1 aromatic heterocycles. The van der Waals surface area contributed by atoms with Crippen molar-refractivity contribution in [1.82, 2.24) is 4.98 Å². The summed E-state index contributed by atoms with van der Waals surface area (Å²) in [5.74, 6) is 0. The van der Waals surface area contributed by atoms with E-state index in [1.165, 1.54) is 27.8 Å². The maximum Gasteiger partial charge on any atom is 0.0702 e. The molecule has 5 rings (SSSR count). The van der Waals surface area contributed by atoms with Crippen LogP contribution in [0.1, 0.15) is 0 Å². The van der Waals surface area contributed by atoms with Gasteiger partial charge in [-0.1, -0.05) is 101 Å². The third-order valence-corrected chi connectivity index (χ3v) is 5.88. The molecule has 4 aromatic carbocycles. The summed E-state index contributed by atoms with van der Waals surface area (Å²) in [5.41, 5.74) is 9.18. The van der Waals surface area contributed by atoms with E-state index in [-0.39, 0.29) is 0 Å². The lowest BCUT2D eigenvalue weighted by Gasteiger charge is -2.09. The van der Waals surface area contributed by atoms with Gasteiger partial charge in [0.15, 0.2) is 0 Å². The van der Waals surface area contributed by atoms with Crippen LogP contribution in [-0.4, -0.2) is 4.98 Å². The van der Waals surface area contributed by atoms with Crippen LogP contribution in [-0.2, 0) is 0 Å². The van der Waals surface area contributed by atoms with E-state index in [9.17, 15) is 0 Å². The van der Waals surface area contributed by atoms with E-state index in [4.69, 9.17) is 4.98 Å². The minimum atomic E-state index is 0.977. The van der Waals surface area contributed by atoms with Crippen molar-refractivity contribution in [2.45, 2.75) is 0 Å². The maximum absolute atomic E-state index is 4.73. The number of halogens is 1. The number of nitrogens with zero attached hydrogens (tertiary/aromatic N) is 1. The molecule has 0 saturated heterocycles. The Morgan fingerprint density at radius 2 is 0.968 bits per heavy atom. The fourth-order valence-electron chi connectivity index (χ4n) is 3.77. The Labute approximate surface area is 191 Å². The second-order valence-corrected chi connectivity index (χ2v) is 8.39. The number of pyridine rings is 1. The SMILES string of the molecule is Brc1cccc(-c2cccc(-c3cccc(-c4ccc(-c5ccccc5)cn4)c3)c2)c1. The van der Waals surface area contributed by atoms with Crippen molar-refractivity contribution in [2.24, 2.45) is 0 Å². The molecule has 0 aliphatic carbocycles. The lowest BCUT2D eigenvalue weighted by molar-refractivity contribution is 1.32. The predicted octanol–water partition coefficient (Wildman–Crippen LogP) is 8.51. The standard InChI is InChI=1S/C29H20BrN/c30-28-14-6-12-25(19-28)23-10-4-9-22(17-23)24-11-5-13-26(18-24)29-16-15-27(20-31-29)21-7-2-1-3-8-21/h1-20H. The van der Waals surface area contributed by atoms with Crippen LogP contribution in [0.15, 0.2) is 126 Å². The van der Waals surface area contributed by atoms with Gasteiger partial charge in [-0.2, -0.15) is 0 Å². The minimum Gasteiger partial charge on any atom is -0.256 e. The molecule has 148 valence electrons.